The van der Waals surface area contributed by atoms with Crippen molar-refractivity contribution in [3.63, 3.8) is 0 Å². The zero-order chi connectivity index (χ0) is 15.0. The maximum absolute atomic E-state index is 12.5. The molecule has 116 valence electrons. The molecule has 0 aromatic carbocycles. The highest BCUT2D eigenvalue weighted by Crippen LogP contribution is 2.24. The van der Waals surface area contributed by atoms with Crippen molar-refractivity contribution in [3.8, 4) is 0 Å². The van der Waals surface area contributed by atoms with Gasteiger partial charge in [0.2, 0.25) is 5.91 Å². The molecule has 0 radical (unpaired) electrons. The van der Waals surface area contributed by atoms with E-state index in [1.54, 1.807) is 11.8 Å². The van der Waals surface area contributed by atoms with Crippen LogP contribution in [-0.4, -0.2) is 45.5 Å². The Morgan fingerprint density at radius 3 is 2.80 bits per heavy atom. The van der Waals surface area contributed by atoms with Gasteiger partial charge in [-0.15, -0.1) is 11.8 Å². The van der Waals surface area contributed by atoms with Gasteiger partial charge in [0.15, 0.2) is 0 Å². The standard InChI is InChI=1S/C15H27NO3S/c1-3-4-11-20-12(2)15(19)16-10-6-5-7-13(16)8-9-14(17)18/h12-13H,3-11H2,1-2H3,(H,17,18). The summed E-state index contributed by atoms with van der Waals surface area (Å²) in [6, 6.07) is 0.126. The van der Waals surface area contributed by atoms with E-state index in [0.29, 0.717) is 6.42 Å². The van der Waals surface area contributed by atoms with E-state index in [2.05, 4.69) is 6.92 Å². The van der Waals surface area contributed by atoms with Gasteiger partial charge in [-0.1, -0.05) is 13.3 Å². The van der Waals surface area contributed by atoms with Crippen LogP contribution in [0, 0.1) is 0 Å². The van der Waals surface area contributed by atoms with Crippen molar-refractivity contribution >= 4 is 23.6 Å². The van der Waals surface area contributed by atoms with Crippen molar-refractivity contribution in [2.75, 3.05) is 12.3 Å². The van der Waals surface area contributed by atoms with Crippen LogP contribution >= 0.6 is 11.8 Å². The average molecular weight is 301 g/mol. The second-order valence-corrected chi connectivity index (χ2v) is 6.93. The first-order valence-electron chi connectivity index (χ1n) is 7.70. The lowest BCUT2D eigenvalue weighted by molar-refractivity contribution is -0.139. The van der Waals surface area contributed by atoms with Crippen LogP contribution in [0.1, 0.15) is 58.8 Å². The molecule has 5 heteroatoms. The fourth-order valence-corrected chi connectivity index (χ4v) is 3.68. The van der Waals surface area contributed by atoms with Crippen molar-refractivity contribution in [1.29, 1.82) is 0 Å². The van der Waals surface area contributed by atoms with Crippen LogP contribution in [0.3, 0.4) is 0 Å². The number of likely N-dealkylation sites (tertiary alicyclic amines) is 1. The van der Waals surface area contributed by atoms with Crippen molar-refractivity contribution in [3.05, 3.63) is 0 Å². The molecular formula is C15H27NO3S. The highest BCUT2D eigenvalue weighted by atomic mass is 32.2. The topological polar surface area (TPSA) is 57.6 Å². The van der Waals surface area contributed by atoms with Crippen LogP contribution in [0.5, 0.6) is 0 Å². The van der Waals surface area contributed by atoms with E-state index >= 15 is 0 Å². The van der Waals surface area contributed by atoms with Gasteiger partial charge in [0.25, 0.3) is 0 Å². The number of rotatable bonds is 8. The summed E-state index contributed by atoms with van der Waals surface area (Å²) in [6.07, 6.45) is 6.14. The summed E-state index contributed by atoms with van der Waals surface area (Å²) in [5, 5.41) is 8.81. The second kappa shape index (κ2) is 9.27. The molecule has 1 fully saturated rings. The molecule has 0 bridgehead atoms. The Balaban J connectivity index is 2.50. The molecule has 1 aliphatic heterocycles. The highest BCUT2D eigenvalue weighted by Gasteiger charge is 2.29. The minimum atomic E-state index is -0.770. The Bertz CT molecular complexity index is 322. The van der Waals surface area contributed by atoms with Gasteiger partial charge in [0.1, 0.15) is 0 Å². The molecule has 1 aliphatic rings. The molecule has 0 aliphatic carbocycles. The minimum absolute atomic E-state index is 0.00743. The van der Waals surface area contributed by atoms with E-state index in [9.17, 15) is 9.59 Å². The largest absolute Gasteiger partial charge is 0.481 e. The maximum atomic E-state index is 12.5. The molecule has 0 saturated carbocycles. The number of unbranched alkanes of at least 4 members (excludes halogenated alkanes) is 1. The van der Waals surface area contributed by atoms with E-state index in [1.165, 1.54) is 0 Å². The molecule has 2 atom stereocenters. The Kier molecular flexibility index (Phi) is 8.04. The van der Waals surface area contributed by atoms with Crippen LogP contribution < -0.4 is 0 Å². The number of carboxylic acids is 1. The lowest BCUT2D eigenvalue weighted by Crippen LogP contribution is -2.47. The fraction of sp³-hybridized carbons (Fsp3) is 0.867. The van der Waals surface area contributed by atoms with E-state index in [4.69, 9.17) is 5.11 Å². The second-order valence-electron chi connectivity index (χ2n) is 5.48. The zero-order valence-corrected chi connectivity index (χ0v) is 13.5. The normalized spacial score (nSPS) is 20.7. The minimum Gasteiger partial charge on any atom is -0.481 e. The van der Waals surface area contributed by atoms with E-state index in [-0.39, 0.29) is 23.6 Å². The van der Waals surface area contributed by atoms with Gasteiger partial charge in [0, 0.05) is 19.0 Å². The maximum Gasteiger partial charge on any atom is 0.303 e. The quantitative estimate of drug-likeness (QED) is 0.700. The summed E-state index contributed by atoms with van der Waals surface area (Å²) < 4.78 is 0. The molecule has 20 heavy (non-hydrogen) atoms. The number of amides is 1. The number of carbonyl (C=O) groups is 2. The molecular weight excluding hydrogens is 274 g/mol. The fourth-order valence-electron chi connectivity index (χ4n) is 2.59. The Hall–Kier alpha value is -0.710. The average Bonchev–Trinajstić information content (AvgIpc) is 2.44. The van der Waals surface area contributed by atoms with Crippen LogP contribution in [0.2, 0.25) is 0 Å². The Morgan fingerprint density at radius 2 is 2.15 bits per heavy atom. The number of nitrogens with zero attached hydrogens (tertiary/aromatic N) is 1. The summed E-state index contributed by atoms with van der Waals surface area (Å²) in [4.78, 5) is 25.2. The van der Waals surface area contributed by atoms with Crippen molar-refractivity contribution in [1.82, 2.24) is 4.90 Å². The van der Waals surface area contributed by atoms with E-state index in [0.717, 1.165) is 44.4 Å². The van der Waals surface area contributed by atoms with Crippen LogP contribution in [0.4, 0.5) is 0 Å². The summed E-state index contributed by atoms with van der Waals surface area (Å²) in [6.45, 7) is 4.92. The molecule has 0 aromatic heterocycles. The summed E-state index contributed by atoms with van der Waals surface area (Å²) in [7, 11) is 0. The lowest BCUT2D eigenvalue weighted by atomic mass is 9.97. The smallest absolute Gasteiger partial charge is 0.303 e. The molecule has 1 heterocycles. The van der Waals surface area contributed by atoms with Crippen LogP contribution in [0.15, 0.2) is 0 Å². The lowest BCUT2D eigenvalue weighted by Gasteiger charge is -2.37. The predicted molar refractivity (Wildman–Crippen MR) is 83.0 cm³/mol. The van der Waals surface area contributed by atoms with Gasteiger partial charge in [-0.05, 0) is 44.8 Å². The third-order valence-electron chi connectivity index (χ3n) is 3.82. The molecule has 1 saturated heterocycles. The van der Waals surface area contributed by atoms with Crippen molar-refractivity contribution in [2.45, 2.75) is 70.1 Å². The molecule has 0 spiro atoms. The molecule has 1 N–H and O–H groups in total. The third kappa shape index (κ3) is 5.73. The van der Waals surface area contributed by atoms with Gasteiger partial charge in [-0.3, -0.25) is 9.59 Å². The van der Waals surface area contributed by atoms with Crippen LogP contribution in [0.25, 0.3) is 0 Å². The predicted octanol–water partition coefficient (Wildman–Crippen LogP) is 3.15. The zero-order valence-electron chi connectivity index (χ0n) is 12.6. The molecule has 0 aromatic rings. The van der Waals surface area contributed by atoms with Crippen molar-refractivity contribution in [2.24, 2.45) is 0 Å². The van der Waals surface area contributed by atoms with Crippen LogP contribution in [-0.2, 0) is 9.59 Å². The van der Waals surface area contributed by atoms with E-state index in [1.807, 2.05) is 11.8 Å². The Morgan fingerprint density at radius 1 is 1.40 bits per heavy atom. The first-order valence-corrected chi connectivity index (χ1v) is 8.75. The molecule has 1 rings (SSSR count). The first kappa shape index (κ1) is 17.3. The number of hydrogen-bond donors (Lipinski definition) is 1. The summed E-state index contributed by atoms with van der Waals surface area (Å²) in [5.41, 5.74) is 0. The number of aliphatic carboxylic acids is 1. The van der Waals surface area contributed by atoms with Gasteiger partial charge < -0.3 is 10.0 Å². The highest BCUT2D eigenvalue weighted by molar-refractivity contribution is 8.00. The summed E-state index contributed by atoms with van der Waals surface area (Å²) in [5.74, 6) is 0.450. The van der Waals surface area contributed by atoms with Gasteiger partial charge in [0.05, 0.1) is 5.25 Å². The third-order valence-corrected chi connectivity index (χ3v) is 5.04. The summed E-state index contributed by atoms with van der Waals surface area (Å²) >= 11 is 1.72. The number of carbonyl (C=O) groups excluding carboxylic acids is 1. The van der Waals surface area contributed by atoms with Crippen molar-refractivity contribution < 1.29 is 14.7 Å². The molecule has 4 nitrogen and oxygen atoms in total. The molecule has 1 amide bonds. The number of piperidine rings is 1. The Labute approximate surface area is 126 Å². The number of carboxylic acid groups (broad SMARTS) is 1. The van der Waals surface area contributed by atoms with E-state index < -0.39 is 5.97 Å². The number of hydrogen-bond acceptors (Lipinski definition) is 3. The van der Waals surface area contributed by atoms with Gasteiger partial charge in [-0.2, -0.15) is 0 Å². The molecule has 2 unspecified atom stereocenters. The number of thioether (sulfide) groups is 1. The monoisotopic (exact) mass is 301 g/mol. The first-order chi connectivity index (χ1) is 9.56. The van der Waals surface area contributed by atoms with Gasteiger partial charge >= 0.3 is 5.97 Å². The SMILES string of the molecule is CCCCSC(C)C(=O)N1CCCCC1CCC(=O)O. The van der Waals surface area contributed by atoms with Gasteiger partial charge in [-0.25, -0.2) is 0 Å².